The molecule has 2 aromatic carbocycles. The Bertz CT molecular complexity index is 1390. The number of sulfone groups is 1. The molecule has 10 heteroatoms. The summed E-state index contributed by atoms with van der Waals surface area (Å²) in [7, 11) is -3.56. The van der Waals surface area contributed by atoms with Crippen LogP contribution in [0.25, 0.3) is 15.3 Å². The van der Waals surface area contributed by atoms with Crippen LogP contribution < -0.4 is 10.1 Å². The summed E-state index contributed by atoms with van der Waals surface area (Å²) in [6.45, 7) is 4.23. The molecule has 4 rings (SSSR count). The van der Waals surface area contributed by atoms with Crippen molar-refractivity contribution in [2.75, 3.05) is 18.2 Å². The van der Waals surface area contributed by atoms with Crippen molar-refractivity contribution in [3.63, 3.8) is 0 Å². The normalized spacial score (nSPS) is 11.6. The Labute approximate surface area is 183 Å². The summed E-state index contributed by atoms with van der Waals surface area (Å²) in [5.41, 5.74) is 1.46. The molecule has 0 saturated carbocycles. The molecule has 0 spiro atoms. The second-order valence-electron chi connectivity index (χ2n) is 6.84. The van der Waals surface area contributed by atoms with Crippen LogP contribution in [-0.4, -0.2) is 42.0 Å². The molecule has 2 heterocycles. The van der Waals surface area contributed by atoms with Gasteiger partial charge in [-0.1, -0.05) is 29.5 Å². The Balaban J connectivity index is 1.73. The lowest BCUT2D eigenvalue weighted by molar-refractivity contribution is 0.102. The summed E-state index contributed by atoms with van der Waals surface area (Å²) in [5, 5.41) is 7.79. The van der Waals surface area contributed by atoms with E-state index in [1.807, 2.05) is 25.1 Å². The van der Waals surface area contributed by atoms with E-state index in [1.54, 1.807) is 25.1 Å². The molecule has 0 bridgehead atoms. The Morgan fingerprint density at radius 1 is 1.19 bits per heavy atom. The highest BCUT2D eigenvalue weighted by Crippen LogP contribution is 2.33. The highest BCUT2D eigenvalue weighted by atomic mass is 32.2. The highest BCUT2D eigenvalue weighted by Gasteiger charge is 2.21. The largest absolute Gasteiger partial charge is 0.492 e. The number of hydrogen-bond donors (Lipinski definition) is 1. The van der Waals surface area contributed by atoms with Crippen molar-refractivity contribution in [1.82, 2.24) is 14.8 Å². The molecule has 0 fully saturated rings. The van der Waals surface area contributed by atoms with Gasteiger partial charge in [-0.2, -0.15) is 9.78 Å². The van der Waals surface area contributed by atoms with Crippen LogP contribution in [0.3, 0.4) is 0 Å². The number of anilines is 1. The fourth-order valence-electron chi connectivity index (χ4n) is 3.17. The minimum atomic E-state index is -3.56. The first-order valence-corrected chi connectivity index (χ1v) is 12.2. The average molecular weight is 457 g/mol. The van der Waals surface area contributed by atoms with Gasteiger partial charge in [0.05, 0.1) is 27.5 Å². The predicted octanol–water partition coefficient (Wildman–Crippen LogP) is 3.84. The predicted molar refractivity (Wildman–Crippen MR) is 120 cm³/mol. The van der Waals surface area contributed by atoms with Crippen LogP contribution in [0.15, 0.2) is 53.4 Å². The molecule has 0 radical (unpaired) electrons. The van der Waals surface area contributed by atoms with Gasteiger partial charge in [0, 0.05) is 12.3 Å². The van der Waals surface area contributed by atoms with Crippen LogP contribution >= 0.6 is 11.3 Å². The van der Waals surface area contributed by atoms with E-state index in [0.717, 1.165) is 16.5 Å². The first-order valence-electron chi connectivity index (χ1n) is 9.47. The average Bonchev–Trinajstić information content (AvgIpc) is 3.31. The van der Waals surface area contributed by atoms with Crippen molar-refractivity contribution < 1.29 is 17.9 Å². The monoisotopic (exact) mass is 456 g/mol. The van der Waals surface area contributed by atoms with Crippen molar-refractivity contribution in [2.24, 2.45) is 0 Å². The zero-order valence-electron chi connectivity index (χ0n) is 17.1. The molecule has 8 nitrogen and oxygen atoms in total. The number of carbonyl (C=O) groups is 1. The van der Waals surface area contributed by atoms with Crippen LogP contribution in [0.2, 0.25) is 0 Å². The number of fused-ring (bicyclic) bond motifs is 1. The molecule has 0 aliphatic carbocycles. The lowest BCUT2D eigenvalue weighted by Gasteiger charge is -2.09. The van der Waals surface area contributed by atoms with Crippen LogP contribution in [-0.2, 0) is 9.84 Å². The number of nitrogens with zero attached hydrogens (tertiary/aromatic N) is 3. The fraction of sp³-hybridized carbons (Fsp3) is 0.190. The first-order chi connectivity index (χ1) is 14.8. The van der Waals surface area contributed by atoms with E-state index in [4.69, 9.17) is 4.74 Å². The lowest BCUT2D eigenvalue weighted by Crippen LogP contribution is -2.18. The van der Waals surface area contributed by atoms with Gasteiger partial charge in [-0.05, 0) is 38.1 Å². The van der Waals surface area contributed by atoms with Crippen molar-refractivity contribution >= 4 is 43.1 Å². The maximum Gasteiger partial charge on any atom is 0.258 e. The maximum atomic E-state index is 12.9. The van der Waals surface area contributed by atoms with Crippen LogP contribution in [0.5, 0.6) is 5.75 Å². The number of rotatable bonds is 6. The van der Waals surface area contributed by atoms with Gasteiger partial charge >= 0.3 is 0 Å². The third-order valence-electron chi connectivity index (χ3n) is 4.46. The summed E-state index contributed by atoms with van der Waals surface area (Å²) in [6.07, 6.45) is 1.07. The number of aryl methyl sites for hydroxylation is 1. The molecule has 1 amide bonds. The van der Waals surface area contributed by atoms with Gasteiger partial charge in [-0.3, -0.25) is 4.79 Å². The Kier molecular flexibility index (Phi) is 5.50. The second-order valence-corrected chi connectivity index (χ2v) is 9.83. The number of ether oxygens (including phenoxy) is 1. The molecular weight excluding hydrogens is 436 g/mol. The lowest BCUT2D eigenvalue weighted by atomic mass is 10.2. The second kappa shape index (κ2) is 8.12. The SMILES string of the molecule is CCOc1cccc2sc(-n3nc(C)cc3NC(=O)c3ccccc3S(C)(=O)=O)nc12. The Morgan fingerprint density at radius 2 is 1.97 bits per heavy atom. The molecule has 160 valence electrons. The van der Waals surface area contributed by atoms with E-state index in [1.165, 1.54) is 28.2 Å². The third kappa shape index (κ3) is 4.17. The maximum absolute atomic E-state index is 12.9. The van der Waals surface area contributed by atoms with Gasteiger partial charge in [0.15, 0.2) is 9.84 Å². The molecule has 0 aliphatic rings. The number of aromatic nitrogens is 3. The van der Waals surface area contributed by atoms with E-state index in [9.17, 15) is 13.2 Å². The zero-order chi connectivity index (χ0) is 22.2. The zero-order valence-corrected chi connectivity index (χ0v) is 18.8. The number of nitrogens with one attached hydrogen (secondary N) is 1. The van der Waals surface area contributed by atoms with E-state index in [2.05, 4.69) is 15.4 Å². The van der Waals surface area contributed by atoms with E-state index in [-0.39, 0.29) is 10.5 Å². The summed E-state index contributed by atoms with van der Waals surface area (Å²) in [5.74, 6) is 0.528. The highest BCUT2D eigenvalue weighted by molar-refractivity contribution is 7.90. The summed E-state index contributed by atoms with van der Waals surface area (Å²) in [6, 6.07) is 13.5. The summed E-state index contributed by atoms with van der Waals surface area (Å²) < 4.78 is 32.3. The van der Waals surface area contributed by atoms with Crippen molar-refractivity contribution in [1.29, 1.82) is 0 Å². The summed E-state index contributed by atoms with van der Waals surface area (Å²) in [4.78, 5) is 17.6. The fourth-order valence-corrected chi connectivity index (χ4v) is 5.00. The standard InChI is InChI=1S/C21H20N4O4S2/c1-4-29-15-9-7-10-16-19(15)23-21(30-16)25-18(12-13(2)24-25)22-20(26)14-8-5-6-11-17(14)31(3,27)28/h5-12H,4H2,1-3H3,(H,22,26). The van der Waals surface area contributed by atoms with Crippen molar-refractivity contribution in [3.8, 4) is 10.9 Å². The van der Waals surface area contributed by atoms with Crippen LogP contribution in [0.1, 0.15) is 23.0 Å². The van der Waals surface area contributed by atoms with Gasteiger partial charge < -0.3 is 10.1 Å². The van der Waals surface area contributed by atoms with Gasteiger partial charge in [-0.25, -0.2) is 13.4 Å². The molecule has 4 aromatic rings. The number of thiazole rings is 1. The topological polar surface area (TPSA) is 103 Å². The van der Waals surface area contributed by atoms with E-state index >= 15 is 0 Å². The molecule has 2 aromatic heterocycles. The molecule has 0 atom stereocenters. The first kappa shape index (κ1) is 21.0. The van der Waals surface area contributed by atoms with Gasteiger partial charge in [0.1, 0.15) is 17.1 Å². The minimum absolute atomic E-state index is 0.0309. The molecule has 0 saturated heterocycles. The van der Waals surface area contributed by atoms with Gasteiger partial charge in [0.2, 0.25) is 5.13 Å². The van der Waals surface area contributed by atoms with Crippen molar-refractivity contribution in [2.45, 2.75) is 18.7 Å². The molecular formula is C21H20N4O4S2. The molecule has 31 heavy (non-hydrogen) atoms. The van der Waals surface area contributed by atoms with E-state index in [0.29, 0.717) is 29.0 Å². The van der Waals surface area contributed by atoms with Gasteiger partial charge in [0.25, 0.3) is 5.91 Å². The number of benzene rings is 2. The quantitative estimate of drug-likeness (QED) is 0.473. The number of para-hydroxylation sites is 1. The third-order valence-corrected chi connectivity index (χ3v) is 6.61. The molecule has 1 N–H and O–H groups in total. The Morgan fingerprint density at radius 3 is 2.71 bits per heavy atom. The number of amides is 1. The number of hydrogen-bond acceptors (Lipinski definition) is 7. The van der Waals surface area contributed by atoms with Crippen LogP contribution in [0, 0.1) is 6.92 Å². The van der Waals surface area contributed by atoms with Crippen LogP contribution in [0.4, 0.5) is 5.82 Å². The Hall–Kier alpha value is -3.24. The molecule has 0 unspecified atom stereocenters. The smallest absolute Gasteiger partial charge is 0.258 e. The number of carbonyl (C=O) groups excluding carboxylic acids is 1. The van der Waals surface area contributed by atoms with Crippen molar-refractivity contribution in [3.05, 3.63) is 59.8 Å². The van der Waals surface area contributed by atoms with E-state index < -0.39 is 15.7 Å². The van der Waals surface area contributed by atoms with Gasteiger partial charge in [-0.15, -0.1) is 0 Å². The summed E-state index contributed by atoms with van der Waals surface area (Å²) >= 11 is 1.41. The molecule has 0 aliphatic heterocycles. The minimum Gasteiger partial charge on any atom is -0.492 e.